The molecule has 1 aliphatic rings. The van der Waals surface area contributed by atoms with E-state index < -0.39 is 11.7 Å². The fraction of sp³-hybridized carbons (Fsp3) is 0.143. The molecule has 0 fully saturated rings. The van der Waals surface area contributed by atoms with Gasteiger partial charge in [-0.15, -0.1) is 0 Å². The number of nitrogens with one attached hydrogen (secondary N) is 1. The van der Waals surface area contributed by atoms with Crippen LogP contribution in [0.25, 0.3) is 0 Å². The number of hydrogen-bond donors (Lipinski definition) is 1. The number of amides is 1. The van der Waals surface area contributed by atoms with Crippen LogP contribution in [-0.2, 0) is 11.3 Å². The van der Waals surface area contributed by atoms with Crippen LogP contribution in [-0.4, -0.2) is 16.3 Å². The second kappa shape index (κ2) is 7.00. The molecule has 4 nitrogen and oxygen atoms in total. The Morgan fingerprint density at radius 2 is 1.81 bits per heavy atom. The molecule has 136 valence electrons. The predicted molar refractivity (Wildman–Crippen MR) is 102 cm³/mol. The fourth-order valence-corrected chi connectivity index (χ4v) is 3.64. The van der Waals surface area contributed by atoms with Crippen LogP contribution < -0.4 is 5.32 Å². The molecule has 0 aliphatic carbocycles. The molecule has 1 atom stereocenters. The van der Waals surface area contributed by atoms with Gasteiger partial charge in [0.25, 0.3) is 0 Å². The van der Waals surface area contributed by atoms with Gasteiger partial charge < -0.3 is 9.88 Å². The van der Waals surface area contributed by atoms with Crippen molar-refractivity contribution >= 4 is 29.0 Å². The summed E-state index contributed by atoms with van der Waals surface area (Å²) in [6.45, 7) is 0.562. The molecule has 1 aliphatic heterocycles. The van der Waals surface area contributed by atoms with Gasteiger partial charge in [-0.25, -0.2) is 4.39 Å². The van der Waals surface area contributed by atoms with Gasteiger partial charge in [-0.2, -0.15) is 0 Å². The normalized spacial score (nSPS) is 15.4. The van der Waals surface area contributed by atoms with Gasteiger partial charge in [-0.05, 0) is 30.7 Å². The average Bonchev–Trinajstić information content (AvgIpc) is 3.27. The van der Waals surface area contributed by atoms with Crippen LogP contribution in [0.3, 0.4) is 0 Å². The summed E-state index contributed by atoms with van der Waals surface area (Å²) in [4.78, 5) is 25.4. The lowest BCUT2D eigenvalue weighted by Gasteiger charge is -2.12. The van der Waals surface area contributed by atoms with Gasteiger partial charge in [0.2, 0.25) is 11.7 Å². The molecule has 4 rings (SSSR count). The Labute approximate surface area is 160 Å². The Morgan fingerprint density at radius 3 is 2.59 bits per heavy atom. The number of rotatable bonds is 4. The molecule has 3 aromatic rings. The largest absolute Gasteiger partial charge is 0.341 e. The van der Waals surface area contributed by atoms with Crippen LogP contribution in [0.5, 0.6) is 0 Å². The second-order valence-corrected chi connectivity index (χ2v) is 6.83. The van der Waals surface area contributed by atoms with Crippen LogP contribution >= 0.6 is 11.6 Å². The predicted octanol–water partition coefficient (Wildman–Crippen LogP) is 4.64. The van der Waals surface area contributed by atoms with Crippen molar-refractivity contribution in [2.24, 2.45) is 0 Å². The van der Waals surface area contributed by atoms with E-state index in [4.69, 9.17) is 11.6 Å². The molecule has 0 radical (unpaired) electrons. The summed E-state index contributed by atoms with van der Waals surface area (Å²) in [7, 11) is 0. The van der Waals surface area contributed by atoms with E-state index >= 15 is 0 Å². The van der Waals surface area contributed by atoms with Crippen molar-refractivity contribution in [1.82, 2.24) is 4.57 Å². The highest BCUT2D eigenvalue weighted by Gasteiger charge is 2.32. The lowest BCUT2D eigenvalue weighted by Crippen LogP contribution is -2.20. The molecule has 0 bridgehead atoms. The fourth-order valence-electron chi connectivity index (χ4n) is 3.46. The maximum atomic E-state index is 14.0. The zero-order valence-corrected chi connectivity index (χ0v) is 15.0. The number of aromatic nitrogens is 1. The van der Waals surface area contributed by atoms with Gasteiger partial charge in [-0.1, -0.05) is 48.0 Å². The minimum Gasteiger partial charge on any atom is -0.341 e. The molecule has 2 aromatic carbocycles. The maximum Gasteiger partial charge on any atom is 0.233 e. The van der Waals surface area contributed by atoms with Crippen molar-refractivity contribution < 1.29 is 14.0 Å². The number of benzene rings is 2. The van der Waals surface area contributed by atoms with Crippen molar-refractivity contribution in [2.45, 2.75) is 18.9 Å². The molecule has 1 amide bonds. The first kappa shape index (κ1) is 17.5. The Morgan fingerprint density at radius 1 is 1.04 bits per heavy atom. The van der Waals surface area contributed by atoms with Gasteiger partial charge in [0.15, 0.2) is 5.82 Å². The first-order chi connectivity index (χ1) is 13.1. The zero-order valence-electron chi connectivity index (χ0n) is 14.3. The summed E-state index contributed by atoms with van der Waals surface area (Å²) in [5, 5.41) is 2.56. The number of hydrogen-bond acceptors (Lipinski definition) is 2. The highest BCUT2D eigenvalue weighted by atomic mass is 35.5. The van der Waals surface area contributed by atoms with E-state index in [0.29, 0.717) is 24.2 Å². The van der Waals surface area contributed by atoms with Gasteiger partial charge in [0, 0.05) is 17.8 Å². The third-order valence-corrected chi connectivity index (χ3v) is 5.10. The molecule has 1 N–H and O–H groups in total. The van der Waals surface area contributed by atoms with Crippen molar-refractivity contribution in [1.29, 1.82) is 0 Å². The number of fused-ring (bicyclic) bond motifs is 1. The summed E-state index contributed by atoms with van der Waals surface area (Å²) in [6, 6.07) is 17.0. The number of nitrogens with zero attached hydrogens (tertiary/aromatic N) is 1. The first-order valence-electron chi connectivity index (χ1n) is 8.60. The third-order valence-electron chi connectivity index (χ3n) is 4.81. The molecule has 2 heterocycles. The van der Waals surface area contributed by atoms with E-state index in [1.54, 1.807) is 30.3 Å². The quantitative estimate of drug-likeness (QED) is 0.668. The van der Waals surface area contributed by atoms with Crippen LogP contribution in [0, 0.1) is 5.82 Å². The second-order valence-electron chi connectivity index (χ2n) is 6.42. The molecule has 0 saturated carbocycles. The van der Waals surface area contributed by atoms with Crippen LogP contribution in [0.1, 0.15) is 34.1 Å². The van der Waals surface area contributed by atoms with Crippen molar-refractivity contribution in [3.05, 3.63) is 88.5 Å². The van der Waals surface area contributed by atoms with Crippen LogP contribution in [0.4, 0.5) is 10.1 Å². The zero-order chi connectivity index (χ0) is 19.0. The van der Waals surface area contributed by atoms with E-state index in [1.165, 1.54) is 12.1 Å². The van der Waals surface area contributed by atoms with E-state index in [-0.39, 0.29) is 22.4 Å². The number of carbonyl (C=O) groups excluding carboxylic acids is 2. The van der Waals surface area contributed by atoms with Crippen LogP contribution in [0.2, 0.25) is 5.02 Å². The monoisotopic (exact) mass is 382 g/mol. The topological polar surface area (TPSA) is 51.1 Å². The molecule has 0 spiro atoms. The standard InChI is InChI=1S/C21H16ClFN2O2/c22-15-7-4-8-16(19(15)23)24-21(27)14-11-12-25-17(14)9-10-18(25)20(26)13-5-2-1-3-6-13/h1-10,14H,11-12H2,(H,24,27)/t14-/m0/s1. The first-order valence-corrected chi connectivity index (χ1v) is 8.98. The molecule has 0 saturated heterocycles. The summed E-state index contributed by atoms with van der Waals surface area (Å²) in [5.74, 6) is -1.49. The van der Waals surface area contributed by atoms with E-state index in [2.05, 4.69) is 5.32 Å². The molecular formula is C21H16ClFN2O2. The lowest BCUT2D eigenvalue weighted by molar-refractivity contribution is -0.117. The Balaban J connectivity index is 1.58. The average molecular weight is 383 g/mol. The molecule has 0 unspecified atom stereocenters. The molecular weight excluding hydrogens is 367 g/mol. The van der Waals surface area contributed by atoms with Crippen molar-refractivity contribution in [3.63, 3.8) is 0 Å². The summed E-state index contributed by atoms with van der Waals surface area (Å²) < 4.78 is 15.9. The Hall–Kier alpha value is -2.92. The third kappa shape index (κ3) is 3.15. The van der Waals surface area contributed by atoms with Gasteiger partial charge in [0.05, 0.1) is 22.3 Å². The molecule has 27 heavy (non-hydrogen) atoms. The van der Waals surface area contributed by atoms with Crippen molar-refractivity contribution in [2.75, 3.05) is 5.32 Å². The number of halogens is 2. The summed E-state index contributed by atoms with van der Waals surface area (Å²) in [6.07, 6.45) is 0.555. The number of anilines is 1. The molecule has 6 heteroatoms. The Bertz CT molecular complexity index is 1030. The van der Waals surface area contributed by atoms with Gasteiger partial charge in [-0.3, -0.25) is 9.59 Å². The van der Waals surface area contributed by atoms with Gasteiger partial charge in [0.1, 0.15) is 0 Å². The Kier molecular flexibility index (Phi) is 4.54. The van der Waals surface area contributed by atoms with Crippen LogP contribution in [0.15, 0.2) is 60.7 Å². The van der Waals surface area contributed by atoms with E-state index in [1.807, 2.05) is 22.8 Å². The lowest BCUT2D eigenvalue weighted by atomic mass is 10.0. The smallest absolute Gasteiger partial charge is 0.233 e. The summed E-state index contributed by atoms with van der Waals surface area (Å²) >= 11 is 5.77. The minimum absolute atomic E-state index is 0.0432. The number of ketones is 1. The highest BCUT2D eigenvalue weighted by molar-refractivity contribution is 6.31. The minimum atomic E-state index is -0.652. The maximum absolute atomic E-state index is 14.0. The molecule has 1 aromatic heterocycles. The van der Waals surface area contributed by atoms with E-state index in [0.717, 1.165) is 5.69 Å². The van der Waals surface area contributed by atoms with Crippen molar-refractivity contribution in [3.8, 4) is 0 Å². The number of carbonyl (C=O) groups is 2. The SMILES string of the molecule is O=C(c1ccccc1)c1ccc2n1CC[C@@H]2C(=O)Nc1cccc(Cl)c1F. The summed E-state index contributed by atoms with van der Waals surface area (Å²) in [5.41, 5.74) is 1.97. The highest BCUT2D eigenvalue weighted by Crippen LogP contribution is 2.33. The van der Waals surface area contributed by atoms with E-state index in [9.17, 15) is 14.0 Å². The van der Waals surface area contributed by atoms with Gasteiger partial charge >= 0.3 is 0 Å².